The second kappa shape index (κ2) is 7.89. The predicted octanol–water partition coefficient (Wildman–Crippen LogP) is 4.97. The normalized spacial score (nSPS) is 15.0. The van der Waals surface area contributed by atoms with E-state index in [1.165, 1.54) is 0 Å². The number of carbonyl (C=O) groups is 1. The maximum Gasteiger partial charge on any atom is 0.246 e. The SMILES string of the molecule is O=C(/C=C/c1cccc(Cl)c1)N1CCN(c2nc3ccc(Cl)cc3s2)CC1. The first-order chi connectivity index (χ1) is 13.1. The number of fused-ring (bicyclic) bond motifs is 1. The number of carbonyl (C=O) groups excluding carboxylic acids is 1. The summed E-state index contributed by atoms with van der Waals surface area (Å²) in [6.07, 6.45) is 3.42. The Morgan fingerprint density at radius 3 is 2.59 bits per heavy atom. The van der Waals surface area contributed by atoms with E-state index in [-0.39, 0.29) is 5.91 Å². The van der Waals surface area contributed by atoms with Crippen LogP contribution in [0.3, 0.4) is 0 Å². The first kappa shape index (κ1) is 18.3. The van der Waals surface area contributed by atoms with Gasteiger partial charge < -0.3 is 9.80 Å². The van der Waals surface area contributed by atoms with Crippen LogP contribution < -0.4 is 4.90 Å². The van der Waals surface area contributed by atoms with Crippen molar-refractivity contribution in [2.45, 2.75) is 0 Å². The van der Waals surface area contributed by atoms with E-state index in [0.717, 1.165) is 39.0 Å². The van der Waals surface area contributed by atoms with Gasteiger partial charge in [0.05, 0.1) is 10.2 Å². The molecule has 0 spiro atoms. The van der Waals surface area contributed by atoms with Crippen molar-refractivity contribution < 1.29 is 4.79 Å². The van der Waals surface area contributed by atoms with Crippen molar-refractivity contribution in [3.63, 3.8) is 0 Å². The molecule has 2 heterocycles. The van der Waals surface area contributed by atoms with Gasteiger partial charge in [0.1, 0.15) is 0 Å². The zero-order valence-corrected chi connectivity index (χ0v) is 16.8. The summed E-state index contributed by atoms with van der Waals surface area (Å²) in [5.74, 6) is 0.0192. The minimum absolute atomic E-state index is 0.0192. The number of rotatable bonds is 3. The Bertz CT molecular complexity index is 1010. The molecule has 0 aliphatic carbocycles. The Labute approximate surface area is 171 Å². The van der Waals surface area contributed by atoms with Crippen molar-refractivity contribution in [3.8, 4) is 0 Å². The molecular formula is C20H17Cl2N3OS. The summed E-state index contributed by atoms with van der Waals surface area (Å²) in [6.45, 7) is 2.89. The molecule has 1 aliphatic heterocycles. The third kappa shape index (κ3) is 4.26. The van der Waals surface area contributed by atoms with E-state index in [1.807, 2.05) is 47.4 Å². The molecule has 0 bridgehead atoms. The maximum absolute atomic E-state index is 12.4. The van der Waals surface area contributed by atoms with Gasteiger partial charge in [-0.2, -0.15) is 0 Å². The summed E-state index contributed by atoms with van der Waals surface area (Å²) in [6, 6.07) is 13.2. The molecule has 7 heteroatoms. The van der Waals surface area contributed by atoms with Crippen molar-refractivity contribution in [2.24, 2.45) is 0 Å². The highest BCUT2D eigenvalue weighted by Gasteiger charge is 2.22. The first-order valence-electron chi connectivity index (χ1n) is 8.62. The molecule has 0 saturated carbocycles. The zero-order chi connectivity index (χ0) is 18.8. The lowest BCUT2D eigenvalue weighted by molar-refractivity contribution is -0.126. The van der Waals surface area contributed by atoms with Crippen LogP contribution in [-0.4, -0.2) is 42.0 Å². The topological polar surface area (TPSA) is 36.4 Å². The van der Waals surface area contributed by atoms with Gasteiger partial charge in [-0.05, 0) is 42.0 Å². The Morgan fingerprint density at radius 1 is 1.04 bits per heavy atom. The number of hydrogen-bond donors (Lipinski definition) is 0. The number of halogens is 2. The first-order valence-corrected chi connectivity index (χ1v) is 10.2. The van der Waals surface area contributed by atoms with Gasteiger partial charge >= 0.3 is 0 Å². The van der Waals surface area contributed by atoms with Gasteiger partial charge in [0, 0.05) is 42.3 Å². The van der Waals surface area contributed by atoms with Gasteiger partial charge in [-0.15, -0.1) is 0 Å². The number of amides is 1. The lowest BCUT2D eigenvalue weighted by Gasteiger charge is -2.34. The molecular weight excluding hydrogens is 401 g/mol. The van der Waals surface area contributed by atoms with E-state index >= 15 is 0 Å². The maximum atomic E-state index is 12.4. The van der Waals surface area contributed by atoms with Gasteiger partial charge in [0.2, 0.25) is 5.91 Å². The Morgan fingerprint density at radius 2 is 1.81 bits per heavy atom. The summed E-state index contributed by atoms with van der Waals surface area (Å²) >= 11 is 13.7. The molecule has 4 rings (SSSR count). The highest BCUT2D eigenvalue weighted by Crippen LogP contribution is 2.31. The third-order valence-electron chi connectivity index (χ3n) is 4.47. The molecule has 3 aromatic rings. The van der Waals surface area contributed by atoms with Crippen LogP contribution in [0.4, 0.5) is 5.13 Å². The average Bonchev–Trinajstić information content (AvgIpc) is 3.09. The number of nitrogens with zero attached hydrogens (tertiary/aromatic N) is 3. The molecule has 4 nitrogen and oxygen atoms in total. The van der Waals surface area contributed by atoms with Gasteiger partial charge in [-0.3, -0.25) is 4.79 Å². The van der Waals surface area contributed by atoms with Crippen LogP contribution >= 0.6 is 34.5 Å². The number of benzene rings is 2. The van der Waals surface area contributed by atoms with Crippen LogP contribution in [0.15, 0.2) is 48.5 Å². The number of piperazine rings is 1. The molecule has 2 aromatic carbocycles. The fourth-order valence-electron chi connectivity index (χ4n) is 3.02. The van der Waals surface area contributed by atoms with Crippen molar-refractivity contribution in [3.05, 3.63) is 64.1 Å². The van der Waals surface area contributed by atoms with Crippen LogP contribution in [-0.2, 0) is 4.79 Å². The van der Waals surface area contributed by atoms with Crippen molar-refractivity contribution in [1.29, 1.82) is 0 Å². The van der Waals surface area contributed by atoms with Crippen LogP contribution in [0.2, 0.25) is 10.0 Å². The quantitative estimate of drug-likeness (QED) is 0.564. The van der Waals surface area contributed by atoms with Crippen molar-refractivity contribution in [1.82, 2.24) is 9.88 Å². The molecule has 1 amide bonds. The van der Waals surface area contributed by atoms with Crippen LogP contribution in [0.25, 0.3) is 16.3 Å². The van der Waals surface area contributed by atoms with Gasteiger partial charge in [0.25, 0.3) is 0 Å². The second-order valence-corrected chi connectivity index (χ2v) is 8.19. The summed E-state index contributed by atoms with van der Waals surface area (Å²) < 4.78 is 1.08. The molecule has 1 fully saturated rings. The van der Waals surface area contributed by atoms with Gasteiger partial charge in [-0.25, -0.2) is 4.98 Å². The van der Waals surface area contributed by atoms with E-state index in [9.17, 15) is 4.79 Å². The summed E-state index contributed by atoms with van der Waals surface area (Å²) in [5, 5.41) is 2.36. The van der Waals surface area contributed by atoms with Crippen molar-refractivity contribution in [2.75, 3.05) is 31.1 Å². The summed E-state index contributed by atoms with van der Waals surface area (Å²) in [4.78, 5) is 21.2. The standard InChI is InChI=1S/C20H17Cl2N3OS/c21-15-3-1-2-14(12-15)4-7-19(26)24-8-10-25(11-9-24)20-23-17-6-5-16(22)13-18(17)27-20/h1-7,12-13H,8-11H2/b7-4+. The number of hydrogen-bond acceptors (Lipinski definition) is 4. The Hall–Kier alpha value is -2.08. The average molecular weight is 418 g/mol. The van der Waals surface area contributed by atoms with Gasteiger partial charge in [-0.1, -0.05) is 46.7 Å². The molecule has 27 heavy (non-hydrogen) atoms. The molecule has 0 N–H and O–H groups in total. The molecule has 1 aliphatic rings. The minimum atomic E-state index is 0.0192. The number of anilines is 1. The smallest absolute Gasteiger partial charge is 0.246 e. The molecule has 0 radical (unpaired) electrons. The van der Waals surface area contributed by atoms with Crippen LogP contribution in [0, 0.1) is 0 Å². The largest absolute Gasteiger partial charge is 0.345 e. The lowest BCUT2D eigenvalue weighted by atomic mass is 10.2. The molecule has 1 aromatic heterocycles. The lowest BCUT2D eigenvalue weighted by Crippen LogP contribution is -2.48. The Kier molecular flexibility index (Phi) is 5.34. The summed E-state index contributed by atoms with van der Waals surface area (Å²) in [7, 11) is 0. The molecule has 138 valence electrons. The molecule has 0 atom stereocenters. The predicted molar refractivity (Wildman–Crippen MR) is 114 cm³/mol. The minimum Gasteiger partial charge on any atom is -0.345 e. The fourth-order valence-corrected chi connectivity index (χ4v) is 4.51. The molecule has 1 saturated heterocycles. The van der Waals surface area contributed by atoms with Crippen LogP contribution in [0.5, 0.6) is 0 Å². The Balaban J connectivity index is 1.38. The fraction of sp³-hybridized carbons (Fsp3) is 0.200. The highest BCUT2D eigenvalue weighted by atomic mass is 35.5. The zero-order valence-electron chi connectivity index (χ0n) is 14.4. The molecule has 0 unspecified atom stereocenters. The highest BCUT2D eigenvalue weighted by molar-refractivity contribution is 7.22. The van der Waals surface area contributed by atoms with E-state index in [2.05, 4.69) is 9.88 Å². The number of thiazole rings is 1. The monoisotopic (exact) mass is 417 g/mol. The van der Waals surface area contributed by atoms with Crippen LogP contribution in [0.1, 0.15) is 5.56 Å². The van der Waals surface area contributed by atoms with Crippen molar-refractivity contribution >= 4 is 61.9 Å². The van der Waals surface area contributed by atoms with E-state index in [4.69, 9.17) is 23.2 Å². The second-order valence-electron chi connectivity index (χ2n) is 6.31. The van der Waals surface area contributed by atoms with E-state index < -0.39 is 0 Å². The van der Waals surface area contributed by atoms with E-state index in [1.54, 1.807) is 23.5 Å². The van der Waals surface area contributed by atoms with E-state index in [0.29, 0.717) is 18.1 Å². The number of aromatic nitrogens is 1. The van der Waals surface area contributed by atoms with Gasteiger partial charge in [0.15, 0.2) is 5.13 Å². The summed E-state index contributed by atoms with van der Waals surface area (Å²) in [5.41, 5.74) is 1.88. The third-order valence-corrected chi connectivity index (χ3v) is 6.02.